The number of hydrogen-bond acceptors (Lipinski definition) is 5. The van der Waals surface area contributed by atoms with Gasteiger partial charge in [0.1, 0.15) is 5.82 Å². The SMILES string of the molecule is CCNC(=NC)N1CCN(c2nc(CC)ns2)CC1. The molecule has 106 valence electrons. The zero-order valence-electron chi connectivity index (χ0n) is 11.9. The van der Waals surface area contributed by atoms with Crippen LogP contribution >= 0.6 is 11.5 Å². The molecule has 0 aliphatic carbocycles. The number of hydrogen-bond donors (Lipinski definition) is 1. The van der Waals surface area contributed by atoms with Gasteiger partial charge in [0.15, 0.2) is 5.96 Å². The maximum absolute atomic E-state index is 4.55. The van der Waals surface area contributed by atoms with Crippen LogP contribution in [-0.4, -0.2) is 60.0 Å². The van der Waals surface area contributed by atoms with Crippen molar-refractivity contribution in [3.63, 3.8) is 0 Å². The van der Waals surface area contributed by atoms with Crippen molar-refractivity contribution in [1.29, 1.82) is 0 Å². The highest BCUT2D eigenvalue weighted by Crippen LogP contribution is 2.19. The van der Waals surface area contributed by atoms with Crippen molar-refractivity contribution >= 4 is 22.6 Å². The minimum absolute atomic E-state index is 0.906. The van der Waals surface area contributed by atoms with E-state index in [-0.39, 0.29) is 0 Å². The Hall–Kier alpha value is -1.37. The molecule has 1 aromatic rings. The van der Waals surface area contributed by atoms with Crippen LogP contribution in [0.3, 0.4) is 0 Å². The van der Waals surface area contributed by atoms with Crippen molar-refractivity contribution in [1.82, 2.24) is 19.6 Å². The molecule has 0 aromatic carbocycles. The lowest BCUT2D eigenvalue weighted by Gasteiger charge is -2.36. The Morgan fingerprint density at radius 3 is 2.58 bits per heavy atom. The largest absolute Gasteiger partial charge is 0.357 e. The summed E-state index contributed by atoms with van der Waals surface area (Å²) in [6.45, 7) is 8.98. The molecular formula is C12H22N6S. The molecular weight excluding hydrogens is 260 g/mol. The fraction of sp³-hybridized carbons (Fsp3) is 0.750. The van der Waals surface area contributed by atoms with Crippen LogP contribution < -0.4 is 10.2 Å². The highest BCUT2D eigenvalue weighted by molar-refractivity contribution is 7.09. The molecule has 0 unspecified atom stereocenters. The molecule has 1 N–H and O–H groups in total. The summed E-state index contributed by atoms with van der Waals surface area (Å²) in [5, 5.41) is 4.35. The smallest absolute Gasteiger partial charge is 0.205 e. The molecule has 2 rings (SSSR count). The van der Waals surface area contributed by atoms with E-state index in [0.717, 1.165) is 56.1 Å². The summed E-state index contributed by atoms with van der Waals surface area (Å²) in [6.07, 6.45) is 0.906. The topological polar surface area (TPSA) is 56.7 Å². The lowest BCUT2D eigenvalue weighted by Crippen LogP contribution is -2.52. The lowest BCUT2D eigenvalue weighted by atomic mass is 10.3. The minimum Gasteiger partial charge on any atom is -0.357 e. The number of guanidine groups is 1. The minimum atomic E-state index is 0.906. The second kappa shape index (κ2) is 6.70. The molecule has 1 saturated heterocycles. The number of piperazine rings is 1. The fourth-order valence-corrected chi connectivity index (χ4v) is 2.92. The highest BCUT2D eigenvalue weighted by atomic mass is 32.1. The van der Waals surface area contributed by atoms with E-state index in [0.29, 0.717) is 0 Å². The third-order valence-corrected chi connectivity index (χ3v) is 3.98. The molecule has 1 aliphatic heterocycles. The second-order valence-electron chi connectivity index (χ2n) is 4.40. The van der Waals surface area contributed by atoms with E-state index in [1.165, 1.54) is 11.5 Å². The molecule has 7 heteroatoms. The summed E-state index contributed by atoms with van der Waals surface area (Å²) in [6, 6.07) is 0. The van der Waals surface area contributed by atoms with E-state index in [4.69, 9.17) is 0 Å². The Morgan fingerprint density at radius 2 is 2.05 bits per heavy atom. The normalized spacial score (nSPS) is 16.9. The summed E-state index contributed by atoms with van der Waals surface area (Å²) in [4.78, 5) is 13.5. The Labute approximate surface area is 118 Å². The van der Waals surface area contributed by atoms with Crippen LogP contribution in [0.2, 0.25) is 0 Å². The van der Waals surface area contributed by atoms with Gasteiger partial charge in [0.05, 0.1) is 0 Å². The molecule has 0 saturated carbocycles. The average Bonchev–Trinajstić information content (AvgIpc) is 2.94. The van der Waals surface area contributed by atoms with Gasteiger partial charge in [-0.1, -0.05) is 6.92 Å². The van der Waals surface area contributed by atoms with Gasteiger partial charge in [-0.05, 0) is 6.92 Å². The Balaban J connectivity index is 1.91. The van der Waals surface area contributed by atoms with Gasteiger partial charge in [-0.3, -0.25) is 4.99 Å². The first-order chi connectivity index (χ1) is 9.28. The standard InChI is InChI=1S/C12H22N6S/c1-4-10-15-12(19-16-10)18-8-6-17(7-9-18)11(13-3)14-5-2/h4-9H2,1-3H3,(H,13,14). The number of aliphatic imine (C=N–C) groups is 1. The number of rotatable bonds is 3. The van der Waals surface area contributed by atoms with E-state index in [9.17, 15) is 0 Å². The predicted molar refractivity (Wildman–Crippen MR) is 80.1 cm³/mol. The molecule has 0 bridgehead atoms. The molecule has 6 nitrogen and oxygen atoms in total. The molecule has 0 atom stereocenters. The van der Waals surface area contributed by atoms with Crippen LogP contribution in [0.1, 0.15) is 19.7 Å². The molecule has 1 aliphatic rings. The summed E-state index contributed by atoms with van der Waals surface area (Å²) < 4.78 is 4.35. The van der Waals surface area contributed by atoms with Gasteiger partial charge >= 0.3 is 0 Å². The molecule has 1 aromatic heterocycles. The van der Waals surface area contributed by atoms with Crippen LogP contribution in [0, 0.1) is 0 Å². The molecule has 1 fully saturated rings. The molecule has 0 radical (unpaired) electrons. The van der Waals surface area contributed by atoms with Crippen molar-refractivity contribution in [2.24, 2.45) is 4.99 Å². The van der Waals surface area contributed by atoms with Gasteiger partial charge < -0.3 is 15.1 Å². The maximum Gasteiger partial charge on any atom is 0.205 e. The van der Waals surface area contributed by atoms with Crippen LogP contribution in [0.4, 0.5) is 5.13 Å². The van der Waals surface area contributed by atoms with E-state index < -0.39 is 0 Å². The van der Waals surface area contributed by atoms with E-state index >= 15 is 0 Å². The second-order valence-corrected chi connectivity index (χ2v) is 5.13. The Bertz CT molecular complexity index is 422. The summed E-state index contributed by atoms with van der Waals surface area (Å²) in [7, 11) is 1.84. The monoisotopic (exact) mass is 282 g/mol. The first-order valence-corrected chi connectivity index (χ1v) is 7.59. The van der Waals surface area contributed by atoms with Crippen LogP contribution in [0.5, 0.6) is 0 Å². The van der Waals surface area contributed by atoms with Gasteiger partial charge in [0.2, 0.25) is 5.13 Å². The van der Waals surface area contributed by atoms with Gasteiger partial charge in [0.25, 0.3) is 0 Å². The number of nitrogens with zero attached hydrogens (tertiary/aromatic N) is 5. The number of aryl methyl sites for hydroxylation is 1. The molecule has 0 amide bonds. The number of anilines is 1. The van der Waals surface area contributed by atoms with Crippen molar-refractivity contribution < 1.29 is 0 Å². The van der Waals surface area contributed by atoms with Crippen molar-refractivity contribution in [3.05, 3.63) is 5.82 Å². The van der Waals surface area contributed by atoms with Crippen molar-refractivity contribution in [3.8, 4) is 0 Å². The van der Waals surface area contributed by atoms with Crippen LogP contribution in [0.15, 0.2) is 4.99 Å². The van der Waals surface area contributed by atoms with E-state index in [2.05, 4.69) is 43.3 Å². The quantitative estimate of drug-likeness (QED) is 0.657. The van der Waals surface area contributed by atoms with Gasteiger partial charge in [0, 0.05) is 57.7 Å². The third kappa shape index (κ3) is 3.34. The summed E-state index contributed by atoms with van der Waals surface area (Å²) in [5.41, 5.74) is 0. The Morgan fingerprint density at radius 1 is 1.32 bits per heavy atom. The van der Waals surface area contributed by atoms with Gasteiger partial charge in [-0.25, -0.2) is 4.98 Å². The maximum atomic E-state index is 4.55. The summed E-state index contributed by atoms with van der Waals surface area (Å²) in [5.74, 6) is 1.94. The molecule has 19 heavy (non-hydrogen) atoms. The number of nitrogens with one attached hydrogen (secondary N) is 1. The van der Waals surface area contributed by atoms with Crippen LogP contribution in [0.25, 0.3) is 0 Å². The molecule has 0 spiro atoms. The van der Waals surface area contributed by atoms with E-state index in [1.807, 2.05) is 7.05 Å². The third-order valence-electron chi connectivity index (χ3n) is 3.17. The van der Waals surface area contributed by atoms with Gasteiger partial charge in [-0.2, -0.15) is 4.37 Å². The van der Waals surface area contributed by atoms with Gasteiger partial charge in [-0.15, -0.1) is 0 Å². The lowest BCUT2D eigenvalue weighted by molar-refractivity contribution is 0.373. The first-order valence-electron chi connectivity index (χ1n) is 6.81. The van der Waals surface area contributed by atoms with E-state index in [1.54, 1.807) is 0 Å². The number of aromatic nitrogens is 2. The fourth-order valence-electron chi connectivity index (χ4n) is 2.12. The zero-order chi connectivity index (χ0) is 13.7. The van der Waals surface area contributed by atoms with Crippen molar-refractivity contribution in [2.75, 3.05) is 44.7 Å². The molecule has 2 heterocycles. The average molecular weight is 282 g/mol. The van der Waals surface area contributed by atoms with Crippen molar-refractivity contribution in [2.45, 2.75) is 20.3 Å². The highest BCUT2D eigenvalue weighted by Gasteiger charge is 2.21. The Kier molecular flexibility index (Phi) is 4.95. The first kappa shape index (κ1) is 14.0. The summed E-state index contributed by atoms with van der Waals surface area (Å²) >= 11 is 1.51. The zero-order valence-corrected chi connectivity index (χ0v) is 12.7. The predicted octanol–water partition coefficient (Wildman–Crippen LogP) is 0.818. The van der Waals surface area contributed by atoms with Crippen LogP contribution in [-0.2, 0) is 6.42 Å².